The number of halogens is 2. The van der Waals surface area contributed by atoms with Crippen molar-refractivity contribution in [3.63, 3.8) is 0 Å². The van der Waals surface area contributed by atoms with Crippen molar-refractivity contribution >= 4 is 41.9 Å². The molecule has 180 valence electrons. The molecule has 0 unspecified atom stereocenters. The highest BCUT2D eigenvalue weighted by atomic mass is 35.5. The highest BCUT2D eigenvalue weighted by molar-refractivity contribution is 6.99. The molecule has 0 spiro atoms. The smallest absolute Gasteiger partial charge is 0.261 e. The van der Waals surface area contributed by atoms with Crippen LogP contribution in [0.1, 0.15) is 26.3 Å². The molecule has 0 saturated heterocycles. The maximum absolute atomic E-state index is 6.85. The number of allylic oxidation sites excluding steroid dienone is 1. The Morgan fingerprint density at radius 1 is 0.794 bits per heavy atom. The molecule has 0 saturated carbocycles. The van der Waals surface area contributed by atoms with Crippen molar-refractivity contribution in [1.29, 1.82) is 0 Å². The van der Waals surface area contributed by atoms with E-state index in [4.69, 9.17) is 32.4 Å². The van der Waals surface area contributed by atoms with Gasteiger partial charge in [-0.15, -0.1) is 23.2 Å². The maximum Gasteiger partial charge on any atom is 0.261 e. The lowest BCUT2D eigenvalue weighted by molar-refractivity contribution is 0.121. The van der Waals surface area contributed by atoms with Crippen LogP contribution in [0.3, 0.4) is 0 Å². The fourth-order valence-corrected chi connectivity index (χ4v) is 9.05. The predicted molar refractivity (Wildman–Crippen MR) is 148 cm³/mol. The van der Waals surface area contributed by atoms with Gasteiger partial charge in [0.1, 0.15) is 0 Å². The Labute approximate surface area is 215 Å². The lowest BCUT2D eigenvalue weighted by atomic mass is 10.2. The van der Waals surface area contributed by atoms with Crippen molar-refractivity contribution in [2.24, 2.45) is 0 Å². The first-order valence-corrected chi connectivity index (χ1v) is 14.4. The van der Waals surface area contributed by atoms with Crippen LogP contribution in [0.4, 0.5) is 0 Å². The van der Waals surface area contributed by atoms with Crippen LogP contribution >= 0.6 is 23.2 Å². The van der Waals surface area contributed by atoms with Crippen LogP contribution in [0, 0.1) is 0 Å². The molecule has 5 heteroatoms. The van der Waals surface area contributed by atoms with Crippen LogP contribution in [-0.4, -0.2) is 32.3 Å². The second-order valence-electron chi connectivity index (χ2n) is 9.36. The van der Waals surface area contributed by atoms with Gasteiger partial charge in [0, 0.05) is 0 Å². The number of ether oxygens (including phenoxy) is 1. The first kappa shape index (κ1) is 26.7. The van der Waals surface area contributed by atoms with Crippen molar-refractivity contribution in [3.05, 3.63) is 109 Å². The Kier molecular flexibility index (Phi) is 9.99. The summed E-state index contributed by atoms with van der Waals surface area (Å²) in [4.78, 5) is 0. The largest absolute Gasteiger partial charge is 0.404 e. The molecule has 0 aliphatic rings. The molecular formula is C29H34Cl2O2Si. The Bertz CT molecular complexity index is 965. The molecule has 3 rings (SSSR count). The average molecular weight is 514 g/mol. The summed E-state index contributed by atoms with van der Waals surface area (Å²) in [5.74, 6) is 0. The van der Waals surface area contributed by atoms with Gasteiger partial charge >= 0.3 is 0 Å². The lowest BCUT2D eigenvalue weighted by Crippen LogP contribution is -2.66. The van der Waals surface area contributed by atoms with Gasteiger partial charge in [-0.25, -0.2) is 0 Å². The van der Waals surface area contributed by atoms with Crippen LogP contribution in [0.2, 0.25) is 5.04 Å². The van der Waals surface area contributed by atoms with Gasteiger partial charge in [0.25, 0.3) is 8.32 Å². The third-order valence-electron chi connectivity index (χ3n) is 5.87. The van der Waals surface area contributed by atoms with Crippen molar-refractivity contribution in [2.75, 3.05) is 13.2 Å². The van der Waals surface area contributed by atoms with E-state index in [2.05, 4.69) is 81.4 Å². The van der Waals surface area contributed by atoms with Gasteiger partial charge in [-0.3, -0.25) is 0 Å². The molecule has 0 heterocycles. The Morgan fingerprint density at radius 2 is 1.29 bits per heavy atom. The van der Waals surface area contributed by atoms with E-state index >= 15 is 0 Å². The Hall–Kier alpha value is -1.88. The summed E-state index contributed by atoms with van der Waals surface area (Å²) in [5.41, 5.74) is 1.12. The lowest BCUT2D eigenvalue weighted by Gasteiger charge is -2.42. The molecule has 2 nitrogen and oxygen atoms in total. The van der Waals surface area contributed by atoms with E-state index in [1.165, 1.54) is 10.4 Å². The molecule has 0 aliphatic carbocycles. The SMILES string of the molecule is CC(C)(C)[Si](OC/C=C/[C@@H](Cl)[C@@H](Cl)COCc1ccccc1)(c1ccccc1)c1ccccc1. The highest BCUT2D eigenvalue weighted by Crippen LogP contribution is 2.36. The van der Waals surface area contributed by atoms with E-state index in [0.717, 1.165) is 5.56 Å². The number of hydrogen-bond donors (Lipinski definition) is 0. The summed E-state index contributed by atoms with van der Waals surface area (Å²) in [6.45, 7) is 8.17. The fraction of sp³-hybridized carbons (Fsp3) is 0.310. The van der Waals surface area contributed by atoms with E-state index in [-0.39, 0.29) is 15.8 Å². The molecule has 0 N–H and O–H groups in total. The van der Waals surface area contributed by atoms with Crippen LogP contribution in [0.25, 0.3) is 0 Å². The van der Waals surface area contributed by atoms with Crippen LogP contribution in [0.5, 0.6) is 0 Å². The van der Waals surface area contributed by atoms with Gasteiger partial charge in [0.2, 0.25) is 0 Å². The average Bonchev–Trinajstić information content (AvgIpc) is 2.85. The minimum Gasteiger partial charge on any atom is -0.404 e. The molecule has 0 radical (unpaired) electrons. The van der Waals surface area contributed by atoms with E-state index in [1.807, 2.05) is 42.5 Å². The van der Waals surface area contributed by atoms with Crippen molar-refractivity contribution in [1.82, 2.24) is 0 Å². The summed E-state index contributed by atoms with van der Waals surface area (Å²) >= 11 is 13.0. The van der Waals surface area contributed by atoms with Crippen LogP contribution < -0.4 is 10.4 Å². The molecular weight excluding hydrogens is 479 g/mol. The molecule has 34 heavy (non-hydrogen) atoms. The second-order valence-corrected chi connectivity index (χ2v) is 14.7. The fourth-order valence-electron chi connectivity index (χ4n) is 4.20. The monoisotopic (exact) mass is 512 g/mol. The van der Waals surface area contributed by atoms with Gasteiger partial charge in [-0.2, -0.15) is 0 Å². The van der Waals surface area contributed by atoms with E-state index in [1.54, 1.807) is 0 Å². The summed E-state index contributed by atoms with van der Waals surface area (Å²) in [7, 11) is -2.56. The van der Waals surface area contributed by atoms with Crippen LogP contribution in [-0.2, 0) is 15.8 Å². The minimum absolute atomic E-state index is 0.0653. The minimum atomic E-state index is -2.56. The van der Waals surface area contributed by atoms with Crippen molar-refractivity contribution in [2.45, 2.75) is 43.2 Å². The summed E-state index contributed by atoms with van der Waals surface area (Å²) in [5, 5.41) is 1.78. The van der Waals surface area contributed by atoms with Crippen LogP contribution in [0.15, 0.2) is 103 Å². The van der Waals surface area contributed by atoms with Gasteiger partial charge in [0.05, 0.1) is 30.6 Å². The zero-order valence-corrected chi connectivity index (χ0v) is 22.7. The van der Waals surface area contributed by atoms with Gasteiger partial charge in [0.15, 0.2) is 0 Å². The quantitative estimate of drug-likeness (QED) is 0.164. The van der Waals surface area contributed by atoms with Gasteiger partial charge in [-0.05, 0) is 21.0 Å². The number of alkyl halides is 2. The number of hydrogen-bond acceptors (Lipinski definition) is 2. The molecule has 0 fully saturated rings. The zero-order chi connectivity index (χ0) is 24.4. The predicted octanol–water partition coefficient (Wildman–Crippen LogP) is 6.55. The second kappa shape index (κ2) is 12.7. The first-order chi connectivity index (χ1) is 16.3. The molecule has 3 aromatic rings. The summed E-state index contributed by atoms with van der Waals surface area (Å²) < 4.78 is 12.6. The zero-order valence-electron chi connectivity index (χ0n) is 20.2. The van der Waals surface area contributed by atoms with E-state index < -0.39 is 8.32 Å². The summed E-state index contributed by atoms with van der Waals surface area (Å²) in [6.07, 6.45) is 3.91. The van der Waals surface area contributed by atoms with E-state index in [9.17, 15) is 0 Å². The molecule has 0 bridgehead atoms. The third kappa shape index (κ3) is 6.84. The topological polar surface area (TPSA) is 18.5 Å². The molecule has 3 aromatic carbocycles. The number of benzene rings is 3. The van der Waals surface area contributed by atoms with Crippen molar-refractivity contribution < 1.29 is 9.16 Å². The molecule has 0 aromatic heterocycles. The Balaban J connectivity index is 1.67. The van der Waals surface area contributed by atoms with Gasteiger partial charge in [-0.1, -0.05) is 124 Å². The number of rotatable bonds is 11. The van der Waals surface area contributed by atoms with Crippen molar-refractivity contribution in [3.8, 4) is 0 Å². The Morgan fingerprint density at radius 3 is 1.79 bits per heavy atom. The highest BCUT2D eigenvalue weighted by Gasteiger charge is 2.49. The molecule has 0 aliphatic heterocycles. The molecule has 0 amide bonds. The normalized spacial score (nSPS) is 14.3. The third-order valence-corrected chi connectivity index (χ3v) is 11.8. The maximum atomic E-state index is 6.85. The van der Waals surface area contributed by atoms with E-state index in [0.29, 0.717) is 19.8 Å². The summed E-state index contributed by atoms with van der Waals surface area (Å²) in [6, 6.07) is 31.3. The standard InChI is InChI=1S/C29H34Cl2O2Si/c1-29(2,3)34(25-16-9-5-10-17-25,26-18-11-6-12-19-26)33-21-13-20-27(30)28(31)23-32-22-24-14-7-4-8-15-24/h4-20,27-28H,21-23H2,1-3H3/b20-13+/t27-,28+/m1/s1. The van der Waals surface area contributed by atoms with Gasteiger partial charge < -0.3 is 9.16 Å². The molecule has 2 atom stereocenters. The first-order valence-electron chi connectivity index (χ1n) is 11.7.